The molecule has 0 radical (unpaired) electrons. The third-order valence-electron chi connectivity index (χ3n) is 4.22. The van der Waals surface area contributed by atoms with E-state index in [-0.39, 0.29) is 24.6 Å². The molecule has 0 bridgehead atoms. The fourth-order valence-electron chi connectivity index (χ4n) is 2.52. The zero-order chi connectivity index (χ0) is 18.9. The number of hydrogen-bond acceptors (Lipinski definition) is 3. The van der Waals surface area contributed by atoms with E-state index < -0.39 is 15.8 Å². The van der Waals surface area contributed by atoms with E-state index in [4.69, 9.17) is 0 Å². The summed E-state index contributed by atoms with van der Waals surface area (Å²) < 4.78 is 38.6. The molecule has 0 heterocycles. The summed E-state index contributed by atoms with van der Waals surface area (Å²) in [6, 6.07) is 5.97. The number of rotatable bonds is 11. The van der Waals surface area contributed by atoms with Crippen molar-refractivity contribution in [2.75, 3.05) is 19.3 Å². The first-order valence-corrected chi connectivity index (χ1v) is 10.6. The van der Waals surface area contributed by atoms with Gasteiger partial charge in [-0.15, -0.1) is 0 Å². The molecule has 7 heteroatoms. The van der Waals surface area contributed by atoms with Crippen LogP contribution in [0.3, 0.4) is 0 Å². The second kappa shape index (κ2) is 10.5. The molecule has 25 heavy (non-hydrogen) atoms. The van der Waals surface area contributed by atoms with Crippen molar-refractivity contribution in [3.63, 3.8) is 0 Å². The molecule has 1 rings (SSSR count). The average molecular weight is 373 g/mol. The molecule has 0 saturated carbocycles. The van der Waals surface area contributed by atoms with Crippen LogP contribution in [0.4, 0.5) is 4.39 Å². The smallest absolute Gasteiger partial charge is 0.235 e. The number of nitrogens with one attached hydrogen (secondary N) is 1. The second-order valence-electron chi connectivity index (χ2n) is 6.34. The molecule has 0 aliphatic carbocycles. The Hall–Kier alpha value is -1.47. The predicted molar refractivity (Wildman–Crippen MR) is 98.0 cm³/mol. The zero-order valence-corrected chi connectivity index (χ0v) is 16.1. The number of hydrogen-bond donors (Lipinski definition) is 1. The van der Waals surface area contributed by atoms with E-state index in [1.165, 1.54) is 18.2 Å². The summed E-state index contributed by atoms with van der Waals surface area (Å²) in [6.45, 7) is 4.27. The lowest BCUT2D eigenvalue weighted by Crippen LogP contribution is -2.41. The Morgan fingerprint density at radius 3 is 2.52 bits per heavy atom. The highest BCUT2D eigenvalue weighted by molar-refractivity contribution is 7.88. The van der Waals surface area contributed by atoms with Gasteiger partial charge in [-0.2, -0.15) is 4.31 Å². The molecule has 5 nitrogen and oxygen atoms in total. The van der Waals surface area contributed by atoms with Crippen LogP contribution in [0, 0.1) is 11.7 Å². The van der Waals surface area contributed by atoms with Gasteiger partial charge in [-0.05, 0) is 18.4 Å². The topological polar surface area (TPSA) is 66.5 Å². The number of carbonyl (C=O) groups is 1. The highest BCUT2D eigenvalue weighted by Crippen LogP contribution is 2.13. The van der Waals surface area contributed by atoms with Crippen molar-refractivity contribution in [2.24, 2.45) is 5.92 Å². The number of nitrogens with zero attached hydrogens (tertiary/aromatic N) is 1. The molecule has 1 N–H and O–H groups in total. The Kier molecular flexibility index (Phi) is 9.06. The minimum Gasteiger partial charge on any atom is -0.355 e. The number of benzene rings is 1. The Balaban J connectivity index is 2.66. The first-order chi connectivity index (χ1) is 11.8. The molecule has 0 aromatic heterocycles. The lowest BCUT2D eigenvalue weighted by Gasteiger charge is -2.21. The third-order valence-corrected chi connectivity index (χ3v) is 5.42. The monoisotopic (exact) mass is 372 g/mol. The quantitative estimate of drug-likeness (QED) is 0.649. The Morgan fingerprint density at radius 1 is 1.28 bits per heavy atom. The SMILES string of the molecule is CCCC[C@@H](CC)CNC(=O)CN(Cc1ccccc1F)S(C)(=O)=O. The van der Waals surface area contributed by atoms with Gasteiger partial charge in [0.2, 0.25) is 15.9 Å². The summed E-state index contributed by atoms with van der Waals surface area (Å²) in [6.07, 6.45) is 5.24. The Bertz CT molecular complexity index is 649. The van der Waals surface area contributed by atoms with Crippen LogP contribution < -0.4 is 5.32 Å². The number of halogens is 1. The molecule has 142 valence electrons. The fourth-order valence-corrected chi connectivity index (χ4v) is 3.25. The maximum absolute atomic E-state index is 13.8. The van der Waals surface area contributed by atoms with Crippen molar-refractivity contribution in [2.45, 2.75) is 46.1 Å². The van der Waals surface area contributed by atoms with Gasteiger partial charge in [0.1, 0.15) is 5.82 Å². The van der Waals surface area contributed by atoms with Crippen LogP contribution in [0.1, 0.15) is 45.1 Å². The standard InChI is InChI=1S/C18H29FN2O3S/c1-4-6-9-15(5-2)12-20-18(22)14-21(25(3,23)24)13-16-10-7-8-11-17(16)19/h7-8,10-11,15H,4-6,9,12-14H2,1-3H3,(H,20,22)/t15-/m1/s1. The van der Waals surface area contributed by atoms with Crippen molar-refractivity contribution in [1.82, 2.24) is 9.62 Å². The molecule has 0 spiro atoms. The van der Waals surface area contributed by atoms with Crippen LogP contribution >= 0.6 is 0 Å². The highest BCUT2D eigenvalue weighted by atomic mass is 32.2. The number of amides is 1. The molecule has 1 aromatic rings. The predicted octanol–water partition coefficient (Wildman–Crippen LogP) is 2.92. The van der Waals surface area contributed by atoms with Gasteiger partial charge >= 0.3 is 0 Å². The van der Waals surface area contributed by atoms with Crippen LogP contribution in [0.2, 0.25) is 0 Å². The van der Waals surface area contributed by atoms with Crippen LogP contribution in [-0.2, 0) is 21.4 Å². The number of unbranched alkanes of at least 4 members (excludes halogenated alkanes) is 1. The van der Waals surface area contributed by atoms with Crippen molar-refractivity contribution in [3.8, 4) is 0 Å². The summed E-state index contributed by atoms with van der Waals surface area (Å²) in [4.78, 5) is 12.2. The summed E-state index contributed by atoms with van der Waals surface area (Å²) in [5, 5.41) is 2.81. The van der Waals surface area contributed by atoms with E-state index in [9.17, 15) is 17.6 Å². The van der Waals surface area contributed by atoms with Gasteiger partial charge in [0, 0.05) is 18.7 Å². The van der Waals surface area contributed by atoms with Crippen LogP contribution in [0.5, 0.6) is 0 Å². The van der Waals surface area contributed by atoms with E-state index in [1.54, 1.807) is 6.07 Å². The molecule has 0 aliphatic heterocycles. The second-order valence-corrected chi connectivity index (χ2v) is 8.33. The summed E-state index contributed by atoms with van der Waals surface area (Å²) >= 11 is 0. The third kappa shape index (κ3) is 7.96. The summed E-state index contributed by atoms with van der Waals surface area (Å²) in [7, 11) is -3.63. The lowest BCUT2D eigenvalue weighted by molar-refractivity contribution is -0.121. The molecular formula is C18H29FN2O3S. The van der Waals surface area contributed by atoms with E-state index in [2.05, 4.69) is 19.2 Å². The molecular weight excluding hydrogens is 343 g/mol. The molecule has 0 saturated heterocycles. The van der Waals surface area contributed by atoms with Crippen molar-refractivity contribution in [1.29, 1.82) is 0 Å². The first kappa shape index (κ1) is 21.6. The van der Waals surface area contributed by atoms with E-state index in [0.717, 1.165) is 36.2 Å². The van der Waals surface area contributed by atoms with E-state index >= 15 is 0 Å². The van der Waals surface area contributed by atoms with Crippen LogP contribution in [-0.4, -0.2) is 38.0 Å². The maximum atomic E-state index is 13.8. The van der Waals surface area contributed by atoms with E-state index in [1.807, 2.05) is 0 Å². The van der Waals surface area contributed by atoms with Crippen molar-refractivity contribution >= 4 is 15.9 Å². The normalized spacial score (nSPS) is 13.0. The first-order valence-electron chi connectivity index (χ1n) is 8.73. The van der Waals surface area contributed by atoms with Gasteiger partial charge in [0.25, 0.3) is 0 Å². The van der Waals surface area contributed by atoms with Gasteiger partial charge in [0.15, 0.2) is 0 Å². The van der Waals surface area contributed by atoms with Gasteiger partial charge in [-0.25, -0.2) is 12.8 Å². The van der Waals surface area contributed by atoms with E-state index in [0.29, 0.717) is 12.5 Å². The molecule has 0 fully saturated rings. The minimum atomic E-state index is -3.63. The molecule has 1 amide bonds. The fraction of sp³-hybridized carbons (Fsp3) is 0.611. The lowest BCUT2D eigenvalue weighted by atomic mass is 9.99. The molecule has 1 atom stereocenters. The largest absolute Gasteiger partial charge is 0.355 e. The van der Waals surface area contributed by atoms with Gasteiger partial charge in [-0.3, -0.25) is 4.79 Å². The molecule has 1 aromatic carbocycles. The average Bonchev–Trinajstić information content (AvgIpc) is 2.55. The number of carbonyl (C=O) groups excluding carboxylic acids is 1. The van der Waals surface area contributed by atoms with Gasteiger partial charge < -0.3 is 5.32 Å². The minimum absolute atomic E-state index is 0.161. The molecule has 0 aliphatic rings. The zero-order valence-electron chi connectivity index (χ0n) is 15.3. The maximum Gasteiger partial charge on any atom is 0.235 e. The Morgan fingerprint density at radius 2 is 1.96 bits per heavy atom. The Labute approximate surface area is 150 Å². The van der Waals surface area contributed by atoms with Crippen LogP contribution in [0.25, 0.3) is 0 Å². The van der Waals surface area contributed by atoms with Gasteiger partial charge in [-0.1, -0.05) is 51.3 Å². The number of sulfonamides is 1. The summed E-state index contributed by atoms with van der Waals surface area (Å²) in [5.41, 5.74) is 0.245. The van der Waals surface area contributed by atoms with Crippen molar-refractivity contribution in [3.05, 3.63) is 35.6 Å². The summed E-state index contributed by atoms with van der Waals surface area (Å²) in [5.74, 6) is -0.457. The van der Waals surface area contributed by atoms with Crippen LogP contribution in [0.15, 0.2) is 24.3 Å². The van der Waals surface area contributed by atoms with Crippen molar-refractivity contribution < 1.29 is 17.6 Å². The highest BCUT2D eigenvalue weighted by Gasteiger charge is 2.22. The van der Waals surface area contributed by atoms with Gasteiger partial charge in [0.05, 0.1) is 12.8 Å². The molecule has 0 unspecified atom stereocenters.